The van der Waals surface area contributed by atoms with Crippen LogP contribution in [0.25, 0.3) is 4.72 Å². The third kappa shape index (κ3) is 2.65. The van der Waals surface area contributed by atoms with Crippen LogP contribution in [0.15, 0.2) is 0 Å². The third-order valence-electron chi connectivity index (χ3n) is 1.06. The van der Waals surface area contributed by atoms with E-state index in [9.17, 15) is 8.42 Å². The summed E-state index contributed by atoms with van der Waals surface area (Å²) < 4.78 is 25.6. The van der Waals surface area contributed by atoms with Crippen LogP contribution in [0.2, 0.25) is 0 Å². The van der Waals surface area contributed by atoms with Crippen LogP contribution < -0.4 is 58.2 Å². The van der Waals surface area contributed by atoms with Gasteiger partial charge in [0.1, 0.15) is 10.2 Å². The molecule has 1 saturated heterocycles. The molecule has 0 unspecified atom stereocenters. The van der Waals surface area contributed by atoms with E-state index in [1.165, 1.54) is 11.4 Å². The molecule has 0 amide bonds. The fourth-order valence-electron chi connectivity index (χ4n) is 0.511. The number of likely N-dealkylation sites (N-methyl/N-ethyl adjacent to an activating group) is 1. The molecule has 48 valence electrons. The zero-order valence-corrected chi connectivity index (χ0v) is 11.3. The normalized spacial score (nSPS) is 25.4. The van der Waals surface area contributed by atoms with Crippen molar-refractivity contribution in [2.75, 3.05) is 20.1 Å². The van der Waals surface area contributed by atoms with Crippen LogP contribution in [0.3, 0.4) is 0 Å². The van der Waals surface area contributed by atoms with Gasteiger partial charge in [-0.2, -0.15) is 0 Å². The summed E-state index contributed by atoms with van der Waals surface area (Å²) in [5, 5.41) is 0. The van der Waals surface area contributed by atoms with Crippen molar-refractivity contribution in [1.29, 1.82) is 0 Å². The van der Waals surface area contributed by atoms with Crippen LogP contribution in [-0.4, -0.2) is 32.9 Å². The molecular weight excluding hydrogens is 214 g/mol. The number of nitrogens with zero attached hydrogens (tertiary/aromatic N) is 2. The largest absolute Gasteiger partial charge is 1.00 e. The molecule has 1 heterocycles. The molecule has 1 fully saturated rings. The molecule has 0 spiro atoms. The summed E-state index contributed by atoms with van der Waals surface area (Å²) in [6.45, 7) is 0.946. The minimum Gasteiger partial charge on any atom is -0.534 e. The molecule has 9 heavy (non-hydrogen) atoms. The summed E-state index contributed by atoms with van der Waals surface area (Å²) in [6, 6.07) is 0. The minimum absolute atomic E-state index is 0. The van der Waals surface area contributed by atoms with E-state index in [1.54, 1.807) is 0 Å². The quantitative estimate of drug-likeness (QED) is 0.427. The fraction of sp³-hybridized carbons (Fsp3) is 1.00. The van der Waals surface area contributed by atoms with Crippen molar-refractivity contribution < 1.29 is 66.6 Å². The Balaban J connectivity index is 0.000000640. The van der Waals surface area contributed by atoms with E-state index < -0.39 is 10.2 Å². The van der Waals surface area contributed by atoms with Crippen LogP contribution in [-0.2, 0) is 10.2 Å². The first-order valence-electron chi connectivity index (χ1n) is 2.28. The van der Waals surface area contributed by atoms with Gasteiger partial charge in [-0.1, -0.05) is 0 Å². The topological polar surface area (TPSA) is 51.5 Å². The second-order valence-electron chi connectivity index (χ2n) is 1.65. The molecule has 1 rings (SSSR count). The SMILES string of the molecule is CN1CC[N-]S1(=O)=O.[Rb+]. The smallest absolute Gasteiger partial charge is 0.534 e. The van der Waals surface area contributed by atoms with E-state index in [2.05, 4.69) is 4.72 Å². The van der Waals surface area contributed by atoms with E-state index in [0.717, 1.165) is 0 Å². The van der Waals surface area contributed by atoms with Gasteiger partial charge in [0.15, 0.2) is 0 Å². The van der Waals surface area contributed by atoms with Gasteiger partial charge in [0, 0.05) is 7.05 Å². The van der Waals surface area contributed by atoms with Crippen molar-refractivity contribution in [3.05, 3.63) is 4.72 Å². The monoisotopic (exact) mass is 220 g/mol. The average Bonchev–Trinajstić information content (AvgIpc) is 1.86. The van der Waals surface area contributed by atoms with Gasteiger partial charge in [-0.25, -0.2) is 12.7 Å². The van der Waals surface area contributed by atoms with Crippen molar-refractivity contribution in [3.63, 3.8) is 0 Å². The molecule has 0 atom stereocenters. The van der Waals surface area contributed by atoms with Gasteiger partial charge in [-0.05, 0) is 6.54 Å². The van der Waals surface area contributed by atoms with Crippen LogP contribution in [0.5, 0.6) is 0 Å². The number of rotatable bonds is 0. The Morgan fingerprint density at radius 2 is 2.11 bits per heavy atom. The molecule has 0 radical (unpaired) electrons. The van der Waals surface area contributed by atoms with Crippen molar-refractivity contribution >= 4 is 10.2 Å². The maximum Gasteiger partial charge on any atom is 1.00 e. The van der Waals surface area contributed by atoms with Crippen molar-refractivity contribution in [2.45, 2.75) is 0 Å². The molecule has 1 aliphatic rings. The first-order chi connectivity index (χ1) is 3.63. The predicted octanol–water partition coefficient (Wildman–Crippen LogP) is -3.45. The molecule has 1 aliphatic heterocycles. The number of hydrogen-bond acceptors (Lipinski definition) is 2. The van der Waals surface area contributed by atoms with Gasteiger partial charge in [0.05, 0.1) is 0 Å². The molecule has 0 aliphatic carbocycles. The summed E-state index contributed by atoms with van der Waals surface area (Å²) in [5.74, 6) is 0. The first kappa shape index (κ1) is 10.7. The van der Waals surface area contributed by atoms with Gasteiger partial charge < -0.3 is 4.72 Å². The van der Waals surface area contributed by atoms with Gasteiger partial charge in [-0.3, -0.25) is 0 Å². The maximum atomic E-state index is 10.5. The molecule has 0 saturated carbocycles. The Labute approximate surface area is 104 Å². The van der Waals surface area contributed by atoms with Gasteiger partial charge in [-0.15, -0.1) is 6.54 Å². The molecule has 0 aromatic heterocycles. The molecule has 0 aromatic rings. The summed E-state index contributed by atoms with van der Waals surface area (Å²) in [5.41, 5.74) is 0. The zero-order chi connectivity index (χ0) is 6.20. The average molecular weight is 221 g/mol. The van der Waals surface area contributed by atoms with E-state index in [-0.39, 0.29) is 58.2 Å². The second kappa shape index (κ2) is 3.89. The van der Waals surface area contributed by atoms with Crippen molar-refractivity contribution in [2.24, 2.45) is 0 Å². The Morgan fingerprint density at radius 3 is 2.22 bits per heavy atom. The summed E-state index contributed by atoms with van der Waals surface area (Å²) >= 11 is 0. The molecule has 4 nitrogen and oxygen atoms in total. The summed E-state index contributed by atoms with van der Waals surface area (Å²) in [6.07, 6.45) is 0. The van der Waals surface area contributed by atoms with Gasteiger partial charge >= 0.3 is 58.2 Å². The van der Waals surface area contributed by atoms with E-state index in [4.69, 9.17) is 0 Å². The van der Waals surface area contributed by atoms with Crippen molar-refractivity contribution in [3.8, 4) is 0 Å². The van der Waals surface area contributed by atoms with E-state index in [1.807, 2.05) is 0 Å². The Morgan fingerprint density at radius 1 is 1.56 bits per heavy atom. The van der Waals surface area contributed by atoms with Gasteiger partial charge in [0.25, 0.3) is 0 Å². The third-order valence-corrected chi connectivity index (χ3v) is 2.54. The Kier molecular flexibility index (Phi) is 4.62. The Bertz CT molecular complexity index is 178. The molecule has 0 N–H and O–H groups in total. The second-order valence-corrected chi connectivity index (χ2v) is 3.43. The van der Waals surface area contributed by atoms with Crippen LogP contribution in [0.4, 0.5) is 0 Å². The first-order valence-corrected chi connectivity index (χ1v) is 3.68. The molecule has 0 aromatic carbocycles. The predicted molar refractivity (Wildman–Crippen MR) is 29.8 cm³/mol. The molecular formula is C3H7N2O2RbS. The summed E-state index contributed by atoms with van der Waals surface area (Å²) in [4.78, 5) is 0. The number of hydrogen-bond donors (Lipinski definition) is 0. The van der Waals surface area contributed by atoms with Gasteiger partial charge in [0.2, 0.25) is 0 Å². The molecule has 0 bridgehead atoms. The van der Waals surface area contributed by atoms with Crippen molar-refractivity contribution in [1.82, 2.24) is 4.31 Å². The summed E-state index contributed by atoms with van der Waals surface area (Å²) in [7, 11) is -1.65. The van der Waals surface area contributed by atoms with Crippen LogP contribution in [0, 0.1) is 0 Å². The fourth-order valence-corrected chi connectivity index (χ4v) is 1.33. The van der Waals surface area contributed by atoms with E-state index >= 15 is 0 Å². The zero-order valence-electron chi connectivity index (χ0n) is 5.53. The Hall–Kier alpha value is 1.68. The van der Waals surface area contributed by atoms with E-state index in [0.29, 0.717) is 13.1 Å². The molecule has 6 heteroatoms. The maximum absolute atomic E-state index is 10.5. The van der Waals surface area contributed by atoms with Crippen LogP contribution >= 0.6 is 0 Å². The minimum atomic E-state index is -3.17. The standard InChI is InChI=1S/C3H7N2O2S.Rb/c1-5-3-2-4-8(5,6)7;/h2-3H2,1H3;/q-1;+1. The van der Waals surface area contributed by atoms with Crippen LogP contribution in [0.1, 0.15) is 0 Å².